The van der Waals surface area contributed by atoms with Crippen molar-refractivity contribution in [1.82, 2.24) is 0 Å². The van der Waals surface area contributed by atoms with Crippen LogP contribution in [0.25, 0.3) is 0 Å². The number of hydrogen-bond acceptors (Lipinski definition) is 1. The van der Waals surface area contributed by atoms with E-state index in [0.29, 0.717) is 6.42 Å². The SMILES string of the molecule is Cc1ccc(C#CC(O)(CCc2ccccc2)[Si](C)(C)C)cc1. The maximum atomic E-state index is 11.2. The minimum Gasteiger partial charge on any atom is -0.381 e. The van der Waals surface area contributed by atoms with Crippen molar-refractivity contribution in [3.05, 3.63) is 71.3 Å². The van der Waals surface area contributed by atoms with Crippen LogP contribution in [0, 0.1) is 18.8 Å². The van der Waals surface area contributed by atoms with Crippen LogP contribution >= 0.6 is 0 Å². The number of hydrogen-bond donors (Lipinski definition) is 1. The third-order valence-corrected chi connectivity index (χ3v) is 7.18. The molecule has 1 atom stereocenters. The molecule has 0 aliphatic rings. The zero-order valence-corrected chi connectivity index (χ0v) is 15.6. The molecule has 0 aliphatic heterocycles. The fraction of sp³-hybridized carbons (Fsp3) is 0.333. The maximum Gasteiger partial charge on any atom is 0.112 e. The topological polar surface area (TPSA) is 20.2 Å². The van der Waals surface area contributed by atoms with Crippen LogP contribution in [-0.2, 0) is 6.42 Å². The van der Waals surface area contributed by atoms with Crippen molar-refractivity contribution >= 4 is 8.07 Å². The van der Waals surface area contributed by atoms with Gasteiger partial charge in [-0.15, -0.1) is 0 Å². The third kappa shape index (κ3) is 4.82. The van der Waals surface area contributed by atoms with Crippen LogP contribution in [0.1, 0.15) is 23.1 Å². The Bertz CT molecular complexity index is 687. The van der Waals surface area contributed by atoms with Gasteiger partial charge in [0.15, 0.2) is 0 Å². The number of benzene rings is 2. The summed E-state index contributed by atoms with van der Waals surface area (Å²) < 4.78 is 0. The van der Waals surface area contributed by atoms with E-state index in [-0.39, 0.29) is 0 Å². The Hall–Kier alpha value is -1.82. The molecule has 120 valence electrons. The van der Waals surface area contributed by atoms with Crippen molar-refractivity contribution in [3.8, 4) is 11.8 Å². The second kappa shape index (κ2) is 7.17. The lowest BCUT2D eigenvalue weighted by Crippen LogP contribution is -2.51. The van der Waals surface area contributed by atoms with Crippen molar-refractivity contribution < 1.29 is 5.11 Å². The van der Waals surface area contributed by atoms with Gasteiger partial charge < -0.3 is 5.11 Å². The van der Waals surface area contributed by atoms with Gasteiger partial charge >= 0.3 is 0 Å². The quantitative estimate of drug-likeness (QED) is 0.645. The first kappa shape index (κ1) is 17.5. The van der Waals surface area contributed by atoms with Crippen LogP contribution in [-0.4, -0.2) is 18.4 Å². The predicted octanol–water partition coefficient (Wildman–Crippen LogP) is 4.59. The first-order chi connectivity index (χ1) is 10.8. The highest BCUT2D eigenvalue weighted by Crippen LogP contribution is 2.26. The van der Waals surface area contributed by atoms with Crippen LogP contribution in [0.15, 0.2) is 54.6 Å². The largest absolute Gasteiger partial charge is 0.381 e. The van der Waals surface area contributed by atoms with E-state index in [1.807, 2.05) is 30.3 Å². The van der Waals surface area contributed by atoms with Gasteiger partial charge in [0.1, 0.15) is 5.22 Å². The highest BCUT2D eigenvalue weighted by molar-refractivity contribution is 6.79. The monoisotopic (exact) mass is 322 g/mol. The maximum absolute atomic E-state index is 11.2. The number of aliphatic hydroxyl groups is 1. The van der Waals surface area contributed by atoms with Crippen LogP contribution in [0.4, 0.5) is 0 Å². The normalized spacial score (nSPS) is 13.8. The Morgan fingerprint density at radius 3 is 2.13 bits per heavy atom. The van der Waals surface area contributed by atoms with Crippen LogP contribution in [0.2, 0.25) is 19.6 Å². The molecule has 1 nitrogen and oxygen atoms in total. The molecule has 0 spiro atoms. The summed E-state index contributed by atoms with van der Waals surface area (Å²) in [6.07, 6.45) is 1.54. The molecule has 2 rings (SSSR count). The molecule has 23 heavy (non-hydrogen) atoms. The van der Waals surface area contributed by atoms with E-state index >= 15 is 0 Å². The molecule has 1 N–H and O–H groups in total. The molecule has 0 fully saturated rings. The van der Waals surface area contributed by atoms with Gasteiger partial charge in [0.25, 0.3) is 0 Å². The van der Waals surface area contributed by atoms with Crippen molar-refractivity contribution in [2.24, 2.45) is 0 Å². The molecule has 0 bridgehead atoms. The fourth-order valence-corrected chi connectivity index (χ4v) is 3.72. The molecule has 0 aromatic heterocycles. The average molecular weight is 323 g/mol. The zero-order chi connectivity index (χ0) is 16.9. The summed E-state index contributed by atoms with van der Waals surface area (Å²) in [6.45, 7) is 8.61. The predicted molar refractivity (Wildman–Crippen MR) is 101 cm³/mol. The van der Waals surface area contributed by atoms with Gasteiger partial charge in [0.05, 0.1) is 8.07 Å². The Labute approximate surface area is 141 Å². The summed E-state index contributed by atoms with van der Waals surface area (Å²) in [5.74, 6) is 6.40. The number of aryl methyl sites for hydroxylation is 2. The lowest BCUT2D eigenvalue weighted by atomic mass is 10.1. The standard InChI is InChI=1S/C21H26OSi/c1-18-10-12-20(13-11-18)15-17-21(22,23(2,3)4)16-14-19-8-6-5-7-9-19/h5-13,22H,14,16H2,1-4H3. The molecule has 0 amide bonds. The second-order valence-corrected chi connectivity index (χ2v) is 12.5. The van der Waals surface area contributed by atoms with Crippen LogP contribution in [0.3, 0.4) is 0 Å². The molecule has 0 saturated carbocycles. The van der Waals surface area contributed by atoms with Gasteiger partial charge in [0.2, 0.25) is 0 Å². The first-order valence-corrected chi connectivity index (χ1v) is 11.7. The average Bonchev–Trinajstić information content (AvgIpc) is 2.52. The summed E-state index contributed by atoms with van der Waals surface area (Å²) in [5.41, 5.74) is 3.44. The van der Waals surface area contributed by atoms with Crippen molar-refractivity contribution in [3.63, 3.8) is 0 Å². The Kier molecular flexibility index (Phi) is 5.46. The van der Waals surface area contributed by atoms with Gasteiger partial charge in [-0.05, 0) is 37.5 Å². The van der Waals surface area contributed by atoms with Crippen molar-refractivity contribution in [1.29, 1.82) is 0 Å². The zero-order valence-electron chi connectivity index (χ0n) is 14.6. The summed E-state index contributed by atoms with van der Waals surface area (Å²) in [7, 11) is -1.85. The van der Waals surface area contributed by atoms with Gasteiger partial charge in [-0.3, -0.25) is 0 Å². The lowest BCUT2D eigenvalue weighted by molar-refractivity contribution is 0.166. The molecule has 0 radical (unpaired) electrons. The minimum absolute atomic E-state index is 0.686. The van der Waals surface area contributed by atoms with E-state index in [4.69, 9.17) is 0 Å². The van der Waals surface area contributed by atoms with Crippen LogP contribution < -0.4 is 0 Å². The fourth-order valence-electron chi connectivity index (χ4n) is 2.41. The summed E-state index contributed by atoms with van der Waals surface area (Å²) in [6, 6.07) is 18.5. The van der Waals surface area contributed by atoms with E-state index in [0.717, 1.165) is 12.0 Å². The van der Waals surface area contributed by atoms with E-state index in [2.05, 4.69) is 62.7 Å². The molecule has 2 aromatic carbocycles. The van der Waals surface area contributed by atoms with Crippen molar-refractivity contribution in [2.45, 2.75) is 44.6 Å². The van der Waals surface area contributed by atoms with E-state index < -0.39 is 13.3 Å². The number of rotatable bonds is 4. The summed E-state index contributed by atoms with van der Waals surface area (Å²) in [5, 5.41) is 10.3. The Morgan fingerprint density at radius 2 is 1.57 bits per heavy atom. The van der Waals surface area contributed by atoms with Gasteiger partial charge in [-0.25, -0.2) is 0 Å². The molecule has 0 heterocycles. The molecule has 1 unspecified atom stereocenters. The highest BCUT2D eigenvalue weighted by atomic mass is 28.3. The molecular formula is C21H26OSi. The van der Waals surface area contributed by atoms with Gasteiger partial charge in [-0.2, -0.15) is 0 Å². The van der Waals surface area contributed by atoms with Gasteiger partial charge in [-0.1, -0.05) is 79.5 Å². The molecule has 2 aromatic rings. The highest BCUT2D eigenvalue weighted by Gasteiger charge is 2.39. The smallest absolute Gasteiger partial charge is 0.112 e. The van der Waals surface area contributed by atoms with Crippen molar-refractivity contribution in [2.75, 3.05) is 0 Å². The molecule has 0 saturated heterocycles. The first-order valence-electron chi connectivity index (χ1n) is 8.16. The lowest BCUT2D eigenvalue weighted by Gasteiger charge is -2.34. The van der Waals surface area contributed by atoms with E-state index in [9.17, 15) is 5.11 Å². The molecule has 2 heteroatoms. The Morgan fingerprint density at radius 1 is 0.957 bits per heavy atom. The van der Waals surface area contributed by atoms with E-state index in [1.165, 1.54) is 11.1 Å². The molecule has 0 aliphatic carbocycles. The minimum atomic E-state index is -1.85. The third-order valence-electron chi connectivity index (χ3n) is 4.32. The molecular weight excluding hydrogens is 296 g/mol. The van der Waals surface area contributed by atoms with Gasteiger partial charge in [0, 0.05) is 5.56 Å². The van der Waals surface area contributed by atoms with E-state index in [1.54, 1.807) is 0 Å². The van der Waals surface area contributed by atoms with Crippen LogP contribution in [0.5, 0.6) is 0 Å². The summed E-state index contributed by atoms with van der Waals surface area (Å²) >= 11 is 0. The Balaban J connectivity index is 2.21. The summed E-state index contributed by atoms with van der Waals surface area (Å²) in [4.78, 5) is 0. The second-order valence-electron chi connectivity index (χ2n) is 7.21.